The van der Waals surface area contributed by atoms with Crippen molar-refractivity contribution < 1.29 is 23.5 Å². The lowest BCUT2D eigenvalue weighted by Gasteiger charge is -2.24. The van der Waals surface area contributed by atoms with Crippen LogP contribution in [0.2, 0.25) is 5.02 Å². The summed E-state index contributed by atoms with van der Waals surface area (Å²) < 4.78 is 21.1. The standard InChI is InChI=1S/C25H25ClFN3O4/c1-15(31)19-13-29(21-9-8-17(34-2)11-18(19)21)14-23(32)30-10-4-7-22(30)25(33)28-12-16-5-3-6-20(26)24(16)27/h3,5-6,8-9,11,13,22H,4,7,10,12,14H2,1-2H3,(H,28,33)/t22-/m0/s1. The molecule has 7 nitrogen and oxygen atoms in total. The highest BCUT2D eigenvalue weighted by Crippen LogP contribution is 2.27. The summed E-state index contributed by atoms with van der Waals surface area (Å²) in [5.41, 5.74) is 1.51. The summed E-state index contributed by atoms with van der Waals surface area (Å²) in [6.45, 7) is 1.90. The molecule has 0 unspecified atom stereocenters. The number of carbonyl (C=O) groups is 3. The van der Waals surface area contributed by atoms with Crippen LogP contribution in [0.3, 0.4) is 0 Å². The van der Waals surface area contributed by atoms with Gasteiger partial charge in [-0.1, -0.05) is 23.7 Å². The Morgan fingerprint density at radius 3 is 2.76 bits per heavy atom. The van der Waals surface area contributed by atoms with Crippen LogP contribution >= 0.6 is 11.6 Å². The van der Waals surface area contributed by atoms with Gasteiger partial charge >= 0.3 is 0 Å². The number of benzene rings is 2. The quantitative estimate of drug-likeness (QED) is 0.514. The topological polar surface area (TPSA) is 80.6 Å². The second-order valence-corrected chi connectivity index (χ2v) is 8.69. The molecular formula is C25H25ClFN3O4. The van der Waals surface area contributed by atoms with Gasteiger partial charge in [-0.25, -0.2) is 4.39 Å². The molecule has 34 heavy (non-hydrogen) atoms. The first-order valence-electron chi connectivity index (χ1n) is 11.0. The zero-order valence-corrected chi connectivity index (χ0v) is 19.7. The smallest absolute Gasteiger partial charge is 0.243 e. The number of likely N-dealkylation sites (tertiary alicyclic amines) is 1. The number of nitrogens with zero attached hydrogens (tertiary/aromatic N) is 2. The lowest BCUT2D eigenvalue weighted by atomic mass is 10.1. The molecule has 9 heteroatoms. The maximum atomic E-state index is 14.1. The van der Waals surface area contributed by atoms with Crippen LogP contribution < -0.4 is 10.1 Å². The Hall–Kier alpha value is -3.39. The van der Waals surface area contributed by atoms with E-state index in [-0.39, 0.29) is 41.3 Å². The van der Waals surface area contributed by atoms with E-state index in [0.717, 1.165) is 5.52 Å². The number of amides is 2. The van der Waals surface area contributed by atoms with Crippen LogP contribution in [0.15, 0.2) is 42.6 Å². The molecule has 1 aromatic heterocycles. The van der Waals surface area contributed by atoms with Crippen molar-refractivity contribution in [3.63, 3.8) is 0 Å². The van der Waals surface area contributed by atoms with Crippen molar-refractivity contribution in [2.45, 2.75) is 38.9 Å². The van der Waals surface area contributed by atoms with Crippen LogP contribution in [-0.4, -0.2) is 46.8 Å². The Morgan fingerprint density at radius 1 is 1.24 bits per heavy atom. The van der Waals surface area contributed by atoms with E-state index in [1.165, 1.54) is 13.0 Å². The average Bonchev–Trinajstić information content (AvgIpc) is 3.45. The number of carbonyl (C=O) groups excluding carboxylic acids is 3. The fourth-order valence-corrected chi connectivity index (χ4v) is 4.57. The summed E-state index contributed by atoms with van der Waals surface area (Å²) in [6.07, 6.45) is 2.88. The number of hydrogen-bond acceptors (Lipinski definition) is 4. The van der Waals surface area contributed by atoms with Gasteiger partial charge in [-0.15, -0.1) is 0 Å². The summed E-state index contributed by atoms with van der Waals surface area (Å²) in [5, 5.41) is 3.42. The monoisotopic (exact) mass is 485 g/mol. The third-order valence-electron chi connectivity index (χ3n) is 6.13. The van der Waals surface area contributed by atoms with Gasteiger partial charge < -0.3 is 19.5 Å². The summed E-state index contributed by atoms with van der Waals surface area (Å²) in [5.74, 6) is -0.630. The highest BCUT2D eigenvalue weighted by atomic mass is 35.5. The molecule has 3 aromatic rings. The first-order valence-corrected chi connectivity index (χ1v) is 11.4. The fraction of sp³-hybridized carbons (Fsp3) is 0.320. The molecule has 1 aliphatic rings. The second kappa shape index (κ2) is 9.85. The van der Waals surface area contributed by atoms with Crippen molar-refractivity contribution in [2.24, 2.45) is 0 Å². The number of methoxy groups -OCH3 is 1. The normalized spacial score (nSPS) is 15.5. The number of hydrogen-bond donors (Lipinski definition) is 1. The number of rotatable bonds is 7. The van der Waals surface area contributed by atoms with Gasteiger partial charge in [0.05, 0.1) is 12.1 Å². The molecule has 0 spiro atoms. The second-order valence-electron chi connectivity index (χ2n) is 8.29. The van der Waals surface area contributed by atoms with Gasteiger partial charge in [-0.2, -0.15) is 0 Å². The number of fused-ring (bicyclic) bond motifs is 1. The molecule has 1 fully saturated rings. The number of Topliss-reactive ketones (excluding diaryl/α,β-unsaturated/α-hetero) is 1. The van der Waals surface area contributed by atoms with Crippen molar-refractivity contribution >= 4 is 40.1 Å². The highest BCUT2D eigenvalue weighted by molar-refractivity contribution is 6.30. The first-order chi connectivity index (χ1) is 16.3. The summed E-state index contributed by atoms with van der Waals surface area (Å²) in [4.78, 5) is 39.7. The summed E-state index contributed by atoms with van der Waals surface area (Å²) >= 11 is 5.81. The predicted octanol–water partition coefficient (Wildman–Crippen LogP) is 3.95. The number of ether oxygens (including phenoxy) is 1. The minimum atomic E-state index is -0.635. The zero-order chi connectivity index (χ0) is 24.4. The molecule has 0 bridgehead atoms. The molecule has 0 saturated carbocycles. The minimum Gasteiger partial charge on any atom is -0.497 e. The maximum Gasteiger partial charge on any atom is 0.243 e. The predicted molar refractivity (Wildman–Crippen MR) is 126 cm³/mol. The largest absolute Gasteiger partial charge is 0.497 e. The van der Waals surface area contributed by atoms with Crippen LogP contribution in [0.5, 0.6) is 5.75 Å². The molecule has 1 saturated heterocycles. The lowest BCUT2D eigenvalue weighted by molar-refractivity contribution is -0.138. The maximum absolute atomic E-state index is 14.1. The van der Waals surface area contributed by atoms with E-state index >= 15 is 0 Å². The molecule has 2 amide bonds. The van der Waals surface area contributed by atoms with Gasteiger partial charge in [0.15, 0.2) is 5.78 Å². The fourth-order valence-electron chi connectivity index (χ4n) is 4.37. The van der Waals surface area contributed by atoms with Crippen molar-refractivity contribution in [2.75, 3.05) is 13.7 Å². The van der Waals surface area contributed by atoms with E-state index in [0.29, 0.717) is 36.1 Å². The van der Waals surface area contributed by atoms with Crippen LogP contribution in [0.4, 0.5) is 4.39 Å². The number of ketones is 1. The number of halogens is 2. The molecule has 4 rings (SSSR count). The van der Waals surface area contributed by atoms with Crippen molar-refractivity contribution in [1.29, 1.82) is 0 Å². The zero-order valence-electron chi connectivity index (χ0n) is 18.9. The van der Waals surface area contributed by atoms with Gasteiger partial charge in [0.25, 0.3) is 0 Å². The van der Waals surface area contributed by atoms with Gasteiger partial charge in [0.1, 0.15) is 24.2 Å². The first kappa shape index (κ1) is 23.8. The van der Waals surface area contributed by atoms with Crippen LogP contribution in [0.1, 0.15) is 35.7 Å². The van der Waals surface area contributed by atoms with E-state index in [4.69, 9.17) is 16.3 Å². The van der Waals surface area contributed by atoms with E-state index in [1.807, 2.05) is 6.07 Å². The Kier molecular flexibility index (Phi) is 6.88. The van der Waals surface area contributed by atoms with Crippen LogP contribution in [-0.2, 0) is 22.7 Å². The van der Waals surface area contributed by atoms with E-state index in [2.05, 4.69) is 5.32 Å². The molecule has 178 valence electrons. The average molecular weight is 486 g/mol. The minimum absolute atomic E-state index is 0.00841. The SMILES string of the molecule is COc1ccc2c(c1)c(C(C)=O)cn2CC(=O)N1CCC[C@H]1C(=O)NCc1cccc(Cl)c1F. The van der Waals surface area contributed by atoms with E-state index < -0.39 is 11.9 Å². The van der Waals surface area contributed by atoms with Crippen molar-refractivity contribution in [1.82, 2.24) is 14.8 Å². The molecule has 1 aliphatic heterocycles. The van der Waals surface area contributed by atoms with Crippen LogP contribution in [0.25, 0.3) is 10.9 Å². The van der Waals surface area contributed by atoms with Crippen LogP contribution in [0, 0.1) is 5.82 Å². The Morgan fingerprint density at radius 2 is 2.03 bits per heavy atom. The molecule has 1 atom stereocenters. The molecule has 1 N–H and O–H groups in total. The lowest BCUT2D eigenvalue weighted by Crippen LogP contribution is -2.46. The highest BCUT2D eigenvalue weighted by Gasteiger charge is 2.34. The number of nitrogens with one attached hydrogen (secondary N) is 1. The molecule has 2 heterocycles. The molecular weight excluding hydrogens is 461 g/mol. The summed E-state index contributed by atoms with van der Waals surface area (Å²) in [6, 6.07) is 9.33. The molecule has 0 radical (unpaired) electrons. The molecule has 2 aromatic carbocycles. The van der Waals surface area contributed by atoms with E-state index in [1.54, 1.807) is 47.0 Å². The van der Waals surface area contributed by atoms with E-state index in [9.17, 15) is 18.8 Å². The number of aromatic nitrogens is 1. The Labute approximate surface area is 201 Å². The third kappa shape index (κ3) is 4.63. The van der Waals surface area contributed by atoms with Crippen molar-refractivity contribution in [3.05, 3.63) is 64.6 Å². The van der Waals surface area contributed by atoms with Gasteiger partial charge in [-0.3, -0.25) is 14.4 Å². The Bertz CT molecular complexity index is 1270. The van der Waals surface area contributed by atoms with Gasteiger partial charge in [0.2, 0.25) is 11.8 Å². The van der Waals surface area contributed by atoms with Gasteiger partial charge in [-0.05, 0) is 44.0 Å². The molecule has 0 aliphatic carbocycles. The van der Waals surface area contributed by atoms with Crippen molar-refractivity contribution in [3.8, 4) is 5.75 Å². The van der Waals surface area contributed by atoms with Gasteiger partial charge in [0, 0.05) is 41.3 Å². The Balaban J connectivity index is 1.49. The summed E-state index contributed by atoms with van der Waals surface area (Å²) in [7, 11) is 1.55. The third-order valence-corrected chi connectivity index (χ3v) is 6.43.